The summed E-state index contributed by atoms with van der Waals surface area (Å²) >= 11 is 0. The minimum atomic E-state index is -3.40. The second-order valence-corrected chi connectivity index (χ2v) is 7.00. The van der Waals surface area contributed by atoms with Crippen LogP contribution in [0.3, 0.4) is 0 Å². The lowest BCUT2D eigenvalue weighted by atomic mass is 10.1. The molecule has 0 unspecified atom stereocenters. The topological polar surface area (TPSA) is 89.7 Å². The Kier molecular flexibility index (Phi) is 4.01. The molecule has 1 aromatic rings. The number of rotatable bonds is 2. The van der Waals surface area contributed by atoms with Crippen LogP contribution in [0.2, 0.25) is 0 Å². The molecule has 0 spiro atoms. The third kappa shape index (κ3) is 3.10. The second-order valence-electron chi connectivity index (χ2n) is 4.99. The Morgan fingerprint density at radius 1 is 1.40 bits per heavy atom. The third-order valence-corrected chi connectivity index (χ3v) is 4.32. The van der Waals surface area contributed by atoms with Gasteiger partial charge in [0, 0.05) is 24.1 Å². The lowest BCUT2D eigenvalue weighted by Gasteiger charge is -2.33. The summed E-state index contributed by atoms with van der Waals surface area (Å²) < 4.78 is 28.5. The molecule has 1 fully saturated rings. The van der Waals surface area contributed by atoms with Gasteiger partial charge in [0.1, 0.15) is 0 Å². The van der Waals surface area contributed by atoms with Crippen LogP contribution in [0.5, 0.6) is 0 Å². The van der Waals surface area contributed by atoms with E-state index in [-0.39, 0.29) is 22.5 Å². The molecule has 0 saturated carbocycles. The summed E-state index contributed by atoms with van der Waals surface area (Å²) in [6.45, 7) is 3.34. The number of anilines is 1. The predicted octanol–water partition coefficient (Wildman–Crippen LogP) is 0.533. The molecule has 1 aliphatic rings. The SMILES string of the molecule is C[C@@H]1COCCN1C(=O)c1cc(N)cc(S(C)(=O)=O)c1. The molecule has 0 bridgehead atoms. The fourth-order valence-corrected chi connectivity index (χ4v) is 2.85. The second kappa shape index (κ2) is 5.41. The number of carbonyl (C=O) groups excluding carboxylic acids is 1. The number of amides is 1. The number of ether oxygens (including phenoxy) is 1. The molecule has 0 aromatic heterocycles. The first kappa shape index (κ1) is 14.8. The highest BCUT2D eigenvalue weighted by molar-refractivity contribution is 7.90. The molecule has 1 amide bonds. The summed E-state index contributed by atoms with van der Waals surface area (Å²) in [6, 6.07) is 4.18. The number of nitrogens with zero attached hydrogens (tertiary/aromatic N) is 1. The minimum Gasteiger partial charge on any atom is -0.399 e. The molecule has 1 heterocycles. The maximum atomic E-state index is 12.5. The fourth-order valence-electron chi connectivity index (χ4n) is 2.15. The molecule has 1 aliphatic heterocycles. The Bertz CT molecular complexity index is 627. The number of carbonyl (C=O) groups is 1. The quantitative estimate of drug-likeness (QED) is 0.805. The van der Waals surface area contributed by atoms with Gasteiger partial charge in [0.25, 0.3) is 5.91 Å². The van der Waals surface area contributed by atoms with Crippen LogP contribution >= 0.6 is 0 Å². The molecule has 2 rings (SSSR count). The van der Waals surface area contributed by atoms with Crippen molar-refractivity contribution in [2.75, 3.05) is 31.7 Å². The number of sulfone groups is 1. The van der Waals surface area contributed by atoms with Gasteiger partial charge in [-0.1, -0.05) is 0 Å². The maximum absolute atomic E-state index is 12.5. The number of benzene rings is 1. The van der Waals surface area contributed by atoms with Crippen LogP contribution < -0.4 is 5.73 Å². The zero-order valence-electron chi connectivity index (χ0n) is 11.5. The molecule has 1 aromatic carbocycles. The van der Waals surface area contributed by atoms with Crippen molar-refractivity contribution < 1.29 is 17.9 Å². The summed E-state index contributed by atoms with van der Waals surface area (Å²) in [5.74, 6) is -0.224. The number of nitrogen functional groups attached to an aromatic ring is 1. The Morgan fingerprint density at radius 3 is 2.70 bits per heavy atom. The van der Waals surface area contributed by atoms with Crippen molar-refractivity contribution in [3.8, 4) is 0 Å². The molecule has 20 heavy (non-hydrogen) atoms. The van der Waals surface area contributed by atoms with Crippen LogP contribution in [0, 0.1) is 0 Å². The van der Waals surface area contributed by atoms with E-state index in [4.69, 9.17) is 10.5 Å². The Labute approximate surface area is 118 Å². The van der Waals surface area contributed by atoms with E-state index >= 15 is 0 Å². The summed E-state index contributed by atoms with van der Waals surface area (Å²) in [4.78, 5) is 14.2. The first-order chi connectivity index (χ1) is 9.29. The van der Waals surface area contributed by atoms with Crippen LogP contribution in [-0.4, -0.2) is 51.3 Å². The van der Waals surface area contributed by atoms with Crippen molar-refractivity contribution in [3.63, 3.8) is 0 Å². The monoisotopic (exact) mass is 298 g/mol. The van der Waals surface area contributed by atoms with Crippen molar-refractivity contribution in [1.82, 2.24) is 4.90 Å². The van der Waals surface area contributed by atoms with Crippen LogP contribution in [0.15, 0.2) is 23.1 Å². The van der Waals surface area contributed by atoms with Crippen molar-refractivity contribution in [2.24, 2.45) is 0 Å². The maximum Gasteiger partial charge on any atom is 0.254 e. The largest absolute Gasteiger partial charge is 0.399 e. The standard InChI is InChI=1S/C13H18N2O4S/c1-9-8-19-4-3-15(9)13(16)10-5-11(14)7-12(6-10)20(2,17)18/h5-7,9H,3-4,8,14H2,1-2H3/t9-/m1/s1. The average Bonchev–Trinajstić information content (AvgIpc) is 2.37. The highest BCUT2D eigenvalue weighted by Gasteiger charge is 2.25. The van der Waals surface area contributed by atoms with Crippen molar-refractivity contribution in [2.45, 2.75) is 17.9 Å². The zero-order valence-corrected chi connectivity index (χ0v) is 12.3. The van der Waals surface area contributed by atoms with Gasteiger partial charge in [-0.3, -0.25) is 4.79 Å². The Hall–Kier alpha value is -1.60. The smallest absolute Gasteiger partial charge is 0.254 e. The van der Waals surface area contributed by atoms with E-state index in [9.17, 15) is 13.2 Å². The van der Waals surface area contributed by atoms with Gasteiger partial charge in [0.2, 0.25) is 0 Å². The van der Waals surface area contributed by atoms with Crippen molar-refractivity contribution in [1.29, 1.82) is 0 Å². The first-order valence-electron chi connectivity index (χ1n) is 6.28. The number of hydrogen-bond donors (Lipinski definition) is 1. The Balaban J connectivity index is 2.37. The first-order valence-corrected chi connectivity index (χ1v) is 8.17. The van der Waals surface area contributed by atoms with E-state index < -0.39 is 9.84 Å². The van der Waals surface area contributed by atoms with Crippen LogP contribution in [0.4, 0.5) is 5.69 Å². The predicted molar refractivity (Wildman–Crippen MR) is 75.3 cm³/mol. The fraction of sp³-hybridized carbons (Fsp3) is 0.462. The van der Waals surface area contributed by atoms with E-state index in [1.165, 1.54) is 18.2 Å². The lowest BCUT2D eigenvalue weighted by molar-refractivity contribution is 0.00358. The van der Waals surface area contributed by atoms with Gasteiger partial charge in [0.05, 0.1) is 24.2 Å². The molecule has 2 N–H and O–H groups in total. The summed E-state index contributed by atoms with van der Waals surface area (Å²) in [6.07, 6.45) is 1.09. The number of nitrogens with two attached hydrogens (primary N) is 1. The molecular formula is C13H18N2O4S. The molecular weight excluding hydrogens is 280 g/mol. The normalized spacial score (nSPS) is 19.9. The summed E-state index contributed by atoms with van der Waals surface area (Å²) in [5.41, 5.74) is 6.25. The Morgan fingerprint density at radius 2 is 2.10 bits per heavy atom. The van der Waals surface area contributed by atoms with Crippen LogP contribution in [0.25, 0.3) is 0 Å². The van der Waals surface area contributed by atoms with Gasteiger partial charge in [-0.25, -0.2) is 8.42 Å². The van der Waals surface area contributed by atoms with Gasteiger partial charge in [-0.05, 0) is 25.1 Å². The molecule has 1 atom stereocenters. The van der Waals surface area contributed by atoms with E-state index in [1.54, 1.807) is 4.90 Å². The highest BCUT2D eigenvalue weighted by atomic mass is 32.2. The zero-order chi connectivity index (χ0) is 14.9. The molecule has 110 valence electrons. The molecule has 7 heteroatoms. The van der Waals surface area contributed by atoms with E-state index in [0.29, 0.717) is 25.3 Å². The highest BCUT2D eigenvalue weighted by Crippen LogP contribution is 2.20. The molecule has 6 nitrogen and oxygen atoms in total. The van der Waals surface area contributed by atoms with Gasteiger partial charge >= 0.3 is 0 Å². The summed E-state index contributed by atoms with van der Waals surface area (Å²) in [5, 5.41) is 0. The van der Waals surface area contributed by atoms with E-state index in [2.05, 4.69) is 0 Å². The third-order valence-electron chi connectivity index (χ3n) is 3.23. The lowest BCUT2D eigenvalue weighted by Crippen LogP contribution is -2.47. The molecule has 0 radical (unpaired) electrons. The van der Waals surface area contributed by atoms with Crippen LogP contribution in [-0.2, 0) is 14.6 Å². The van der Waals surface area contributed by atoms with E-state index in [1.807, 2.05) is 6.92 Å². The van der Waals surface area contributed by atoms with Crippen LogP contribution in [0.1, 0.15) is 17.3 Å². The van der Waals surface area contributed by atoms with Gasteiger partial charge in [-0.2, -0.15) is 0 Å². The number of hydrogen-bond acceptors (Lipinski definition) is 5. The van der Waals surface area contributed by atoms with E-state index in [0.717, 1.165) is 6.26 Å². The average molecular weight is 298 g/mol. The minimum absolute atomic E-state index is 0.0423. The molecule has 1 saturated heterocycles. The summed E-state index contributed by atoms with van der Waals surface area (Å²) in [7, 11) is -3.40. The molecule has 0 aliphatic carbocycles. The van der Waals surface area contributed by atoms with Gasteiger partial charge in [0.15, 0.2) is 9.84 Å². The van der Waals surface area contributed by atoms with Crippen molar-refractivity contribution >= 4 is 21.4 Å². The number of morpholine rings is 1. The van der Waals surface area contributed by atoms with Crippen molar-refractivity contribution in [3.05, 3.63) is 23.8 Å². The van der Waals surface area contributed by atoms with Gasteiger partial charge < -0.3 is 15.4 Å². The van der Waals surface area contributed by atoms with Gasteiger partial charge in [-0.15, -0.1) is 0 Å².